The number of carbonyl (C=O) groups excluding carboxylic acids is 1. The smallest absolute Gasteiger partial charge is 0.300 e. The average Bonchev–Trinajstić information content (AvgIpc) is 3.10. The largest absolute Gasteiger partial charge is 0.332 e. The van der Waals surface area contributed by atoms with Gasteiger partial charge in [-0.2, -0.15) is 0 Å². The van der Waals surface area contributed by atoms with E-state index in [1.54, 1.807) is 13.2 Å². The molecule has 0 aliphatic rings. The molecule has 3 heterocycles. The highest BCUT2D eigenvalue weighted by Gasteiger charge is 2.17. The number of rotatable bonds is 5. The van der Waals surface area contributed by atoms with Crippen LogP contribution in [0.15, 0.2) is 20.7 Å². The Balaban J connectivity index is 1.90. The predicted octanol–water partition coefficient (Wildman–Crippen LogP) is 1.09. The predicted molar refractivity (Wildman–Crippen MR) is 106 cm³/mol. The molecule has 0 saturated heterocycles. The molecule has 0 radical (unpaired) electrons. The van der Waals surface area contributed by atoms with Crippen LogP contribution in [0.3, 0.4) is 0 Å². The topological polar surface area (TPSA) is 112 Å². The SMILES string of the molecule is CCc1nnc(NC(=O)CSc2c(C)cnc3c2c(=O)n(C)c(=O)n3C)s1. The number of thioether (sulfide) groups is 1. The van der Waals surface area contributed by atoms with Gasteiger partial charge in [-0.3, -0.25) is 24.0 Å². The molecule has 3 aromatic heterocycles. The van der Waals surface area contributed by atoms with Crippen molar-refractivity contribution in [3.8, 4) is 0 Å². The second kappa shape index (κ2) is 7.61. The highest BCUT2D eigenvalue weighted by Crippen LogP contribution is 2.27. The van der Waals surface area contributed by atoms with Gasteiger partial charge in [0.15, 0.2) is 0 Å². The highest BCUT2D eigenvalue weighted by molar-refractivity contribution is 8.00. The second-order valence-electron chi connectivity index (χ2n) is 5.87. The minimum absolute atomic E-state index is 0.0903. The molecule has 27 heavy (non-hydrogen) atoms. The molecule has 11 heteroatoms. The van der Waals surface area contributed by atoms with Crippen molar-refractivity contribution < 1.29 is 4.79 Å². The van der Waals surface area contributed by atoms with E-state index in [2.05, 4.69) is 20.5 Å². The molecule has 0 spiro atoms. The summed E-state index contributed by atoms with van der Waals surface area (Å²) in [4.78, 5) is 41.8. The van der Waals surface area contributed by atoms with Crippen LogP contribution in [0.25, 0.3) is 11.0 Å². The third-order valence-electron chi connectivity index (χ3n) is 3.96. The minimum Gasteiger partial charge on any atom is -0.300 e. The van der Waals surface area contributed by atoms with Gasteiger partial charge in [0.05, 0.1) is 11.1 Å². The maximum Gasteiger partial charge on any atom is 0.332 e. The summed E-state index contributed by atoms with van der Waals surface area (Å²) in [6.45, 7) is 3.78. The van der Waals surface area contributed by atoms with Gasteiger partial charge in [-0.1, -0.05) is 18.3 Å². The molecule has 3 aromatic rings. The van der Waals surface area contributed by atoms with Crippen molar-refractivity contribution >= 4 is 45.2 Å². The lowest BCUT2D eigenvalue weighted by Gasteiger charge is -2.12. The number of hydrogen-bond acceptors (Lipinski definition) is 8. The Bertz CT molecular complexity index is 1150. The van der Waals surface area contributed by atoms with Crippen LogP contribution in [0.5, 0.6) is 0 Å². The van der Waals surface area contributed by atoms with Crippen LogP contribution >= 0.6 is 23.1 Å². The molecular weight excluding hydrogens is 388 g/mol. The third-order valence-corrected chi connectivity index (χ3v) is 6.17. The zero-order chi connectivity index (χ0) is 19.7. The van der Waals surface area contributed by atoms with Gasteiger partial charge in [-0.05, 0) is 18.9 Å². The zero-order valence-corrected chi connectivity index (χ0v) is 16.9. The molecule has 0 atom stereocenters. The van der Waals surface area contributed by atoms with E-state index in [9.17, 15) is 14.4 Å². The molecule has 1 amide bonds. The van der Waals surface area contributed by atoms with Crippen molar-refractivity contribution in [3.05, 3.63) is 37.6 Å². The first-order chi connectivity index (χ1) is 12.8. The van der Waals surface area contributed by atoms with Crippen molar-refractivity contribution in [1.29, 1.82) is 0 Å². The Kier molecular flexibility index (Phi) is 5.42. The maximum atomic E-state index is 12.6. The molecule has 1 N–H and O–H groups in total. The van der Waals surface area contributed by atoms with Crippen molar-refractivity contribution in [3.63, 3.8) is 0 Å². The molecule has 9 nitrogen and oxygen atoms in total. The number of hydrogen-bond donors (Lipinski definition) is 1. The van der Waals surface area contributed by atoms with E-state index in [1.807, 2.05) is 13.8 Å². The standard InChI is InChI=1S/C16H18N6O3S2/c1-5-10-19-20-15(27-10)18-9(23)7-26-12-8(2)6-17-13-11(12)14(24)22(4)16(25)21(13)3/h6H,5,7H2,1-4H3,(H,18,20,23). The fourth-order valence-electron chi connectivity index (χ4n) is 2.52. The molecule has 0 aromatic carbocycles. The maximum absolute atomic E-state index is 12.6. The van der Waals surface area contributed by atoms with E-state index >= 15 is 0 Å². The second-order valence-corrected chi connectivity index (χ2v) is 7.91. The molecule has 0 saturated carbocycles. The van der Waals surface area contributed by atoms with E-state index in [0.717, 1.165) is 21.6 Å². The van der Waals surface area contributed by atoms with Gasteiger partial charge in [0.2, 0.25) is 11.0 Å². The number of anilines is 1. The van der Waals surface area contributed by atoms with Crippen LogP contribution in [0.1, 0.15) is 17.5 Å². The lowest BCUT2D eigenvalue weighted by molar-refractivity contribution is -0.113. The number of nitrogens with zero attached hydrogens (tertiary/aromatic N) is 5. The van der Waals surface area contributed by atoms with Gasteiger partial charge in [-0.25, -0.2) is 9.78 Å². The first-order valence-corrected chi connectivity index (χ1v) is 9.94. The van der Waals surface area contributed by atoms with Crippen LogP contribution in [-0.2, 0) is 25.3 Å². The van der Waals surface area contributed by atoms with E-state index in [-0.39, 0.29) is 11.7 Å². The van der Waals surface area contributed by atoms with Crippen LogP contribution in [0.2, 0.25) is 0 Å². The van der Waals surface area contributed by atoms with Gasteiger partial charge in [0.25, 0.3) is 5.56 Å². The number of aryl methyl sites for hydroxylation is 3. The minimum atomic E-state index is -0.444. The Labute approximate surface area is 162 Å². The van der Waals surface area contributed by atoms with Crippen LogP contribution in [0.4, 0.5) is 5.13 Å². The van der Waals surface area contributed by atoms with Crippen LogP contribution < -0.4 is 16.6 Å². The molecule has 3 rings (SSSR count). The number of amides is 1. The Hall–Kier alpha value is -2.53. The Morgan fingerprint density at radius 1 is 1.26 bits per heavy atom. The third kappa shape index (κ3) is 3.65. The van der Waals surface area contributed by atoms with Gasteiger partial charge >= 0.3 is 5.69 Å². The fraction of sp³-hybridized carbons (Fsp3) is 0.375. The summed E-state index contributed by atoms with van der Waals surface area (Å²) in [5.74, 6) is -0.155. The van der Waals surface area contributed by atoms with Crippen molar-refractivity contribution in [2.24, 2.45) is 14.1 Å². The molecule has 0 fully saturated rings. The van der Waals surface area contributed by atoms with Crippen molar-refractivity contribution in [1.82, 2.24) is 24.3 Å². The highest BCUT2D eigenvalue weighted by atomic mass is 32.2. The summed E-state index contributed by atoms with van der Waals surface area (Å²) in [5.41, 5.74) is 0.193. The molecule has 0 bridgehead atoms. The normalized spacial score (nSPS) is 11.1. The Morgan fingerprint density at radius 3 is 2.67 bits per heavy atom. The number of pyridine rings is 1. The first kappa shape index (κ1) is 19.2. The van der Waals surface area contributed by atoms with Gasteiger partial charge in [0.1, 0.15) is 10.7 Å². The molecule has 0 unspecified atom stereocenters. The van der Waals surface area contributed by atoms with Gasteiger partial charge in [-0.15, -0.1) is 22.0 Å². The first-order valence-electron chi connectivity index (χ1n) is 8.13. The molecule has 0 aliphatic heterocycles. The van der Waals surface area contributed by atoms with E-state index < -0.39 is 11.2 Å². The van der Waals surface area contributed by atoms with Gasteiger partial charge < -0.3 is 0 Å². The van der Waals surface area contributed by atoms with E-state index in [0.29, 0.717) is 21.1 Å². The number of carbonyl (C=O) groups is 1. The number of aromatic nitrogens is 5. The fourth-order valence-corrected chi connectivity index (χ4v) is 4.17. The summed E-state index contributed by atoms with van der Waals surface area (Å²) in [5, 5.41) is 12.2. The summed E-state index contributed by atoms with van der Waals surface area (Å²) >= 11 is 2.56. The summed E-state index contributed by atoms with van der Waals surface area (Å²) in [6, 6.07) is 0. The Morgan fingerprint density at radius 2 is 2.00 bits per heavy atom. The van der Waals surface area contributed by atoms with Crippen LogP contribution in [0, 0.1) is 6.92 Å². The average molecular weight is 406 g/mol. The van der Waals surface area contributed by atoms with Crippen molar-refractivity contribution in [2.75, 3.05) is 11.1 Å². The summed E-state index contributed by atoms with van der Waals surface area (Å²) in [7, 11) is 2.99. The summed E-state index contributed by atoms with van der Waals surface area (Å²) in [6.07, 6.45) is 2.35. The molecule has 142 valence electrons. The zero-order valence-electron chi connectivity index (χ0n) is 15.3. The summed E-state index contributed by atoms with van der Waals surface area (Å²) < 4.78 is 2.37. The lowest BCUT2D eigenvalue weighted by atomic mass is 10.2. The van der Waals surface area contributed by atoms with E-state index in [4.69, 9.17) is 0 Å². The van der Waals surface area contributed by atoms with Crippen LogP contribution in [-0.4, -0.2) is 36.0 Å². The van der Waals surface area contributed by atoms with Gasteiger partial charge in [0, 0.05) is 25.2 Å². The molecule has 0 aliphatic carbocycles. The molecular formula is C16H18N6O3S2. The lowest BCUT2D eigenvalue weighted by Crippen LogP contribution is -2.37. The number of fused-ring (bicyclic) bond motifs is 1. The van der Waals surface area contributed by atoms with Crippen molar-refractivity contribution in [2.45, 2.75) is 25.2 Å². The van der Waals surface area contributed by atoms with E-state index in [1.165, 1.54) is 34.7 Å². The number of nitrogens with one attached hydrogen (secondary N) is 1. The quantitative estimate of drug-likeness (QED) is 0.631. The monoisotopic (exact) mass is 406 g/mol.